The zero-order valence-electron chi connectivity index (χ0n) is 16.2. The third kappa shape index (κ3) is 4.04. The van der Waals surface area contributed by atoms with Gasteiger partial charge in [-0.05, 0) is 48.4 Å². The van der Waals surface area contributed by atoms with Crippen LogP contribution in [0.25, 0.3) is 0 Å². The number of benzene rings is 3. The first-order valence-electron chi connectivity index (χ1n) is 9.45. The van der Waals surface area contributed by atoms with E-state index in [4.69, 9.17) is 4.74 Å². The van der Waals surface area contributed by atoms with E-state index >= 15 is 0 Å². The number of carbonyl (C=O) groups excluding carboxylic acids is 3. The number of nitrogens with zero attached hydrogens (tertiary/aromatic N) is 2. The summed E-state index contributed by atoms with van der Waals surface area (Å²) in [7, 11) is 0. The van der Waals surface area contributed by atoms with Crippen LogP contribution in [0.2, 0.25) is 0 Å². The second kappa shape index (κ2) is 8.19. The molecule has 154 valence electrons. The number of nitro benzene ring substituents is 1. The van der Waals surface area contributed by atoms with Crippen molar-refractivity contribution in [2.45, 2.75) is 6.42 Å². The molecule has 31 heavy (non-hydrogen) atoms. The van der Waals surface area contributed by atoms with Crippen LogP contribution in [-0.2, 0) is 6.42 Å². The predicted octanol–water partition coefficient (Wildman–Crippen LogP) is 3.65. The molecule has 0 saturated carbocycles. The highest BCUT2D eigenvalue weighted by atomic mass is 16.6. The Morgan fingerprint density at radius 2 is 1.45 bits per heavy atom. The zero-order valence-corrected chi connectivity index (χ0v) is 16.2. The van der Waals surface area contributed by atoms with E-state index in [2.05, 4.69) is 0 Å². The van der Waals surface area contributed by atoms with Crippen LogP contribution in [0.4, 0.5) is 5.69 Å². The summed E-state index contributed by atoms with van der Waals surface area (Å²) in [5.41, 5.74) is 1.79. The van der Waals surface area contributed by atoms with Crippen LogP contribution in [0.1, 0.15) is 36.6 Å². The van der Waals surface area contributed by atoms with Gasteiger partial charge in [0.05, 0.1) is 21.6 Å². The molecule has 0 fully saturated rings. The molecule has 2 amide bonds. The van der Waals surface area contributed by atoms with Crippen LogP contribution in [-0.4, -0.2) is 34.2 Å². The van der Waals surface area contributed by atoms with E-state index in [-0.39, 0.29) is 29.6 Å². The van der Waals surface area contributed by atoms with Gasteiger partial charge < -0.3 is 4.74 Å². The summed E-state index contributed by atoms with van der Waals surface area (Å²) < 4.78 is 5.28. The van der Waals surface area contributed by atoms with E-state index < -0.39 is 10.9 Å². The van der Waals surface area contributed by atoms with Crippen LogP contribution in [0.15, 0.2) is 72.8 Å². The first kappa shape index (κ1) is 20.0. The van der Waals surface area contributed by atoms with Crippen LogP contribution in [0, 0.1) is 10.1 Å². The fourth-order valence-corrected chi connectivity index (χ4v) is 3.29. The quantitative estimate of drug-likeness (QED) is 0.200. The number of amides is 2. The smallest absolute Gasteiger partial charge is 0.343 e. The van der Waals surface area contributed by atoms with Gasteiger partial charge in [0, 0.05) is 18.7 Å². The van der Waals surface area contributed by atoms with Gasteiger partial charge >= 0.3 is 5.97 Å². The lowest BCUT2D eigenvalue weighted by molar-refractivity contribution is -0.384. The number of esters is 1. The second-order valence-corrected chi connectivity index (χ2v) is 6.89. The fraction of sp³-hybridized carbons (Fsp3) is 0.0870. The molecule has 0 radical (unpaired) electrons. The highest BCUT2D eigenvalue weighted by Crippen LogP contribution is 2.23. The fourth-order valence-electron chi connectivity index (χ4n) is 3.29. The predicted molar refractivity (Wildman–Crippen MR) is 110 cm³/mol. The SMILES string of the molecule is O=C(Oc1ccc(CCN2C(=O)c3ccccc3C2=O)cc1)c1ccc([N+](=O)[O-])cc1. The monoisotopic (exact) mass is 416 g/mol. The first-order chi connectivity index (χ1) is 14.9. The lowest BCUT2D eigenvalue weighted by Crippen LogP contribution is -2.31. The lowest BCUT2D eigenvalue weighted by Gasteiger charge is -2.13. The van der Waals surface area contributed by atoms with Gasteiger partial charge in [-0.3, -0.25) is 24.6 Å². The molecule has 0 aliphatic carbocycles. The average molecular weight is 416 g/mol. The summed E-state index contributed by atoms with van der Waals surface area (Å²) in [5, 5.41) is 10.7. The maximum absolute atomic E-state index is 12.4. The summed E-state index contributed by atoms with van der Waals surface area (Å²) in [6.45, 7) is 0.244. The molecule has 1 aliphatic rings. The Morgan fingerprint density at radius 1 is 0.871 bits per heavy atom. The number of fused-ring (bicyclic) bond motifs is 1. The maximum Gasteiger partial charge on any atom is 0.343 e. The summed E-state index contributed by atoms with van der Waals surface area (Å²) in [6, 6.07) is 18.6. The molecule has 1 heterocycles. The van der Waals surface area contributed by atoms with Crippen LogP contribution in [0.3, 0.4) is 0 Å². The Balaban J connectivity index is 1.35. The van der Waals surface area contributed by atoms with Crippen LogP contribution < -0.4 is 4.74 Å². The number of imide groups is 1. The molecule has 0 atom stereocenters. The van der Waals surface area contributed by atoms with E-state index in [1.54, 1.807) is 48.5 Å². The molecule has 8 nitrogen and oxygen atoms in total. The number of hydrogen-bond acceptors (Lipinski definition) is 6. The van der Waals surface area contributed by atoms with Crippen molar-refractivity contribution in [2.24, 2.45) is 0 Å². The Labute approximate surface area is 176 Å². The third-order valence-corrected chi connectivity index (χ3v) is 4.95. The number of carbonyl (C=O) groups is 3. The molecule has 0 N–H and O–H groups in total. The highest BCUT2D eigenvalue weighted by Gasteiger charge is 2.34. The van der Waals surface area contributed by atoms with Crippen LogP contribution >= 0.6 is 0 Å². The molecule has 3 aromatic carbocycles. The maximum atomic E-state index is 12.4. The number of non-ortho nitro benzene ring substituents is 1. The van der Waals surface area contributed by atoms with Gasteiger partial charge in [-0.15, -0.1) is 0 Å². The molecular weight excluding hydrogens is 400 g/mol. The Bertz CT molecular complexity index is 1150. The molecule has 0 bridgehead atoms. The zero-order chi connectivity index (χ0) is 22.0. The molecule has 0 aromatic heterocycles. The topological polar surface area (TPSA) is 107 Å². The van der Waals surface area contributed by atoms with Crippen LogP contribution in [0.5, 0.6) is 5.75 Å². The highest BCUT2D eigenvalue weighted by molar-refractivity contribution is 6.21. The van der Waals surface area contributed by atoms with Gasteiger partial charge in [-0.1, -0.05) is 24.3 Å². The second-order valence-electron chi connectivity index (χ2n) is 6.89. The van der Waals surface area contributed by atoms with Crippen molar-refractivity contribution in [3.8, 4) is 5.75 Å². The minimum atomic E-state index is -0.631. The summed E-state index contributed by atoms with van der Waals surface area (Å²) in [5.74, 6) is -0.912. The van der Waals surface area contributed by atoms with Crippen molar-refractivity contribution in [3.63, 3.8) is 0 Å². The van der Waals surface area contributed by atoms with Gasteiger partial charge in [-0.2, -0.15) is 0 Å². The molecule has 0 unspecified atom stereocenters. The van der Waals surface area contributed by atoms with Gasteiger partial charge in [0.25, 0.3) is 17.5 Å². The molecule has 4 rings (SSSR count). The van der Waals surface area contributed by atoms with Gasteiger partial charge in [0.1, 0.15) is 5.75 Å². The third-order valence-electron chi connectivity index (χ3n) is 4.95. The van der Waals surface area contributed by atoms with Crippen molar-refractivity contribution in [1.29, 1.82) is 0 Å². The Kier molecular flexibility index (Phi) is 5.28. The molecular formula is C23H16N2O6. The largest absolute Gasteiger partial charge is 0.423 e. The minimum absolute atomic E-state index is 0.112. The molecule has 0 saturated heterocycles. The summed E-state index contributed by atoms with van der Waals surface area (Å²) in [4.78, 5) is 48.4. The van der Waals surface area contributed by atoms with Gasteiger partial charge in [-0.25, -0.2) is 4.79 Å². The standard InChI is InChI=1S/C23H16N2O6/c26-21-19-3-1-2-4-20(19)22(27)24(21)14-13-15-5-11-18(12-6-15)31-23(28)16-7-9-17(10-8-16)25(29)30/h1-12H,13-14H2. The molecule has 1 aliphatic heterocycles. The van der Waals surface area contributed by atoms with Crippen molar-refractivity contribution in [3.05, 3.63) is 105 Å². The summed E-state index contributed by atoms with van der Waals surface area (Å²) >= 11 is 0. The minimum Gasteiger partial charge on any atom is -0.423 e. The van der Waals surface area contributed by atoms with E-state index in [9.17, 15) is 24.5 Å². The molecule has 3 aromatic rings. The van der Waals surface area contributed by atoms with Crippen molar-refractivity contribution >= 4 is 23.5 Å². The van der Waals surface area contributed by atoms with E-state index in [1.165, 1.54) is 29.2 Å². The van der Waals surface area contributed by atoms with E-state index in [1.807, 2.05) is 0 Å². The Morgan fingerprint density at radius 3 is 2.00 bits per heavy atom. The van der Waals surface area contributed by atoms with Gasteiger partial charge in [0.15, 0.2) is 0 Å². The van der Waals surface area contributed by atoms with Crippen molar-refractivity contribution in [1.82, 2.24) is 4.90 Å². The number of hydrogen-bond donors (Lipinski definition) is 0. The van der Waals surface area contributed by atoms with E-state index in [0.717, 1.165) is 5.56 Å². The average Bonchev–Trinajstić information content (AvgIpc) is 3.03. The normalized spacial score (nSPS) is 12.6. The van der Waals surface area contributed by atoms with E-state index in [0.29, 0.717) is 23.3 Å². The van der Waals surface area contributed by atoms with Crippen molar-refractivity contribution in [2.75, 3.05) is 6.54 Å². The molecule has 0 spiro atoms. The first-order valence-corrected chi connectivity index (χ1v) is 9.45. The van der Waals surface area contributed by atoms with Gasteiger partial charge in [0.2, 0.25) is 0 Å². The number of nitro groups is 1. The van der Waals surface area contributed by atoms with Crippen molar-refractivity contribution < 1.29 is 24.0 Å². The lowest BCUT2D eigenvalue weighted by atomic mass is 10.1. The number of ether oxygens (including phenoxy) is 1. The summed E-state index contributed by atoms with van der Waals surface area (Å²) in [6.07, 6.45) is 0.460. The molecule has 8 heteroatoms. The number of rotatable bonds is 6. The Hall–Kier alpha value is -4.33.